The van der Waals surface area contributed by atoms with Crippen LogP contribution in [0.1, 0.15) is 11.1 Å². The molecular formula is C13H16N2O. The molecule has 0 atom stereocenters. The molecule has 1 aromatic rings. The Labute approximate surface area is 96.2 Å². The number of hydrogen-bond acceptors (Lipinski definition) is 2. The summed E-state index contributed by atoms with van der Waals surface area (Å²) in [6.07, 6.45) is 5.05. The zero-order chi connectivity index (χ0) is 11.8. The highest BCUT2D eigenvalue weighted by Crippen LogP contribution is 2.02. The van der Waals surface area contributed by atoms with E-state index in [4.69, 9.17) is 6.42 Å². The normalized spacial score (nSPS) is 9.50. The molecule has 0 fully saturated rings. The van der Waals surface area contributed by atoms with E-state index in [1.54, 1.807) is 0 Å². The molecule has 1 amide bonds. The maximum absolute atomic E-state index is 11.3. The van der Waals surface area contributed by atoms with Crippen LogP contribution in [0.15, 0.2) is 24.3 Å². The van der Waals surface area contributed by atoms with Crippen molar-refractivity contribution in [1.82, 2.24) is 10.6 Å². The van der Waals surface area contributed by atoms with Gasteiger partial charge in [0.1, 0.15) is 0 Å². The van der Waals surface area contributed by atoms with E-state index in [0.717, 1.165) is 5.56 Å². The minimum atomic E-state index is -0.0447. The van der Waals surface area contributed by atoms with Crippen molar-refractivity contribution in [2.75, 3.05) is 13.1 Å². The van der Waals surface area contributed by atoms with Crippen molar-refractivity contribution in [1.29, 1.82) is 0 Å². The van der Waals surface area contributed by atoms with Crippen molar-refractivity contribution in [2.45, 2.75) is 13.5 Å². The Bertz CT molecular complexity index is 393. The summed E-state index contributed by atoms with van der Waals surface area (Å²) in [6, 6.07) is 8.05. The molecule has 0 spiro atoms. The van der Waals surface area contributed by atoms with E-state index in [9.17, 15) is 4.79 Å². The summed E-state index contributed by atoms with van der Waals surface area (Å²) < 4.78 is 0. The van der Waals surface area contributed by atoms with Gasteiger partial charge in [0, 0.05) is 6.54 Å². The average Bonchev–Trinajstić information content (AvgIpc) is 2.27. The summed E-state index contributed by atoms with van der Waals surface area (Å²) in [7, 11) is 0. The SMILES string of the molecule is C#CCNCC(=O)NCc1cccc(C)c1. The lowest BCUT2D eigenvalue weighted by atomic mass is 10.1. The molecule has 0 aliphatic carbocycles. The zero-order valence-corrected chi connectivity index (χ0v) is 9.42. The first-order chi connectivity index (χ1) is 7.72. The Morgan fingerprint density at radius 2 is 2.31 bits per heavy atom. The lowest BCUT2D eigenvalue weighted by Crippen LogP contribution is -2.33. The molecule has 0 aliphatic rings. The van der Waals surface area contributed by atoms with Gasteiger partial charge in [0.15, 0.2) is 0 Å². The molecule has 0 unspecified atom stereocenters. The molecule has 0 bridgehead atoms. The smallest absolute Gasteiger partial charge is 0.234 e. The highest BCUT2D eigenvalue weighted by Gasteiger charge is 1.99. The van der Waals surface area contributed by atoms with Gasteiger partial charge in [-0.25, -0.2) is 0 Å². The van der Waals surface area contributed by atoms with Crippen LogP contribution in [-0.2, 0) is 11.3 Å². The van der Waals surface area contributed by atoms with Gasteiger partial charge >= 0.3 is 0 Å². The molecule has 2 N–H and O–H groups in total. The number of hydrogen-bond donors (Lipinski definition) is 2. The van der Waals surface area contributed by atoms with Crippen LogP contribution in [0.3, 0.4) is 0 Å². The Morgan fingerprint density at radius 1 is 1.50 bits per heavy atom. The molecule has 84 valence electrons. The summed E-state index contributed by atoms with van der Waals surface area (Å²) in [4.78, 5) is 11.3. The molecule has 0 radical (unpaired) electrons. The van der Waals surface area contributed by atoms with Crippen molar-refractivity contribution in [2.24, 2.45) is 0 Å². The lowest BCUT2D eigenvalue weighted by Gasteiger charge is -2.06. The second-order valence-electron chi connectivity index (χ2n) is 3.57. The molecule has 1 aromatic carbocycles. The summed E-state index contributed by atoms with van der Waals surface area (Å²) in [5.74, 6) is 2.37. The van der Waals surface area contributed by atoms with Crippen molar-refractivity contribution in [3.8, 4) is 12.3 Å². The molecule has 3 heteroatoms. The second kappa shape index (κ2) is 6.65. The molecule has 0 heterocycles. The number of carbonyl (C=O) groups excluding carboxylic acids is 1. The first-order valence-electron chi connectivity index (χ1n) is 5.19. The van der Waals surface area contributed by atoms with Gasteiger partial charge in [-0.15, -0.1) is 6.42 Å². The largest absolute Gasteiger partial charge is 0.351 e. The third-order valence-electron chi connectivity index (χ3n) is 2.08. The van der Waals surface area contributed by atoms with Crippen LogP contribution in [0.5, 0.6) is 0 Å². The third-order valence-corrected chi connectivity index (χ3v) is 2.08. The maximum atomic E-state index is 11.3. The van der Waals surface area contributed by atoms with Crippen LogP contribution in [0.25, 0.3) is 0 Å². The standard InChI is InChI=1S/C13H16N2O/c1-3-7-14-10-13(16)15-9-12-6-4-5-11(2)8-12/h1,4-6,8,14H,7,9-10H2,2H3,(H,15,16). The first kappa shape index (κ1) is 12.3. The molecule has 0 saturated heterocycles. The van der Waals surface area contributed by atoms with Gasteiger partial charge in [-0.2, -0.15) is 0 Å². The first-order valence-corrected chi connectivity index (χ1v) is 5.19. The van der Waals surface area contributed by atoms with E-state index in [1.165, 1.54) is 5.56 Å². The van der Waals surface area contributed by atoms with E-state index < -0.39 is 0 Å². The van der Waals surface area contributed by atoms with Gasteiger partial charge in [-0.1, -0.05) is 35.7 Å². The van der Waals surface area contributed by atoms with Crippen molar-refractivity contribution >= 4 is 5.91 Å². The van der Waals surface area contributed by atoms with Crippen LogP contribution < -0.4 is 10.6 Å². The molecule has 3 nitrogen and oxygen atoms in total. The number of rotatable bonds is 5. The van der Waals surface area contributed by atoms with Crippen molar-refractivity contribution in [3.05, 3.63) is 35.4 Å². The van der Waals surface area contributed by atoms with Crippen LogP contribution >= 0.6 is 0 Å². The van der Waals surface area contributed by atoms with Gasteiger partial charge in [0.2, 0.25) is 5.91 Å². The molecule has 1 rings (SSSR count). The Balaban J connectivity index is 2.29. The van der Waals surface area contributed by atoms with Gasteiger partial charge in [0.05, 0.1) is 13.1 Å². The Kier molecular flexibility index (Phi) is 5.10. The molecule has 0 aromatic heterocycles. The molecular weight excluding hydrogens is 200 g/mol. The monoisotopic (exact) mass is 216 g/mol. The lowest BCUT2D eigenvalue weighted by molar-refractivity contribution is -0.120. The summed E-state index contributed by atoms with van der Waals surface area (Å²) in [5.41, 5.74) is 2.29. The fraction of sp³-hybridized carbons (Fsp3) is 0.308. The Morgan fingerprint density at radius 3 is 3.00 bits per heavy atom. The number of amides is 1. The predicted octanol–water partition coefficient (Wildman–Crippen LogP) is 0.834. The minimum Gasteiger partial charge on any atom is -0.351 e. The van der Waals surface area contributed by atoms with E-state index in [1.807, 2.05) is 25.1 Å². The quantitative estimate of drug-likeness (QED) is 0.565. The van der Waals surface area contributed by atoms with Crippen LogP contribution in [-0.4, -0.2) is 19.0 Å². The van der Waals surface area contributed by atoms with Crippen LogP contribution in [0.2, 0.25) is 0 Å². The highest BCUT2D eigenvalue weighted by atomic mass is 16.1. The number of carbonyl (C=O) groups is 1. The second-order valence-corrected chi connectivity index (χ2v) is 3.57. The minimum absolute atomic E-state index is 0.0447. The predicted molar refractivity (Wildman–Crippen MR) is 64.7 cm³/mol. The number of benzene rings is 1. The average molecular weight is 216 g/mol. The van der Waals surface area contributed by atoms with E-state index in [-0.39, 0.29) is 12.5 Å². The van der Waals surface area contributed by atoms with Gasteiger partial charge in [-0.05, 0) is 12.5 Å². The van der Waals surface area contributed by atoms with E-state index >= 15 is 0 Å². The van der Waals surface area contributed by atoms with Crippen molar-refractivity contribution in [3.63, 3.8) is 0 Å². The third kappa shape index (κ3) is 4.63. The number of terminal acetylenes is 1. The zero-order valence-electron chi connectivity index (χ0n) is 9.42. The fourth-order valence-corrected chi connectivity index (χ4v) is 1.33. The molecule has 16 heavy (non-hydrogen) atoms. The number of nitrogens with one attached hydrogen (secondary N) is 2. The fourth-order valence-electron chi connectivity index (χ4n) is 1.33. The molecule has 0 aliphatic heterocycles. The molecule has 0 saturated carbocycles. The number of aryl methyl sites for hydroxylation is 1. The van der Waals surface area contributed by atoms with Gasteiger partial charge in [0.25, 0.3) is 0 Å². The van der Waals surface area contributed by atoms with Crippen LogP contribution in [0.4, 0.5) is 0 Å². The van der Waals surface area contributed by atoms with E-state index in [0.29, 0.717) is 13.1 Å². The van der Waals surface area contributed by atoms with Gasteiger partial charge < -0.3 is 5.32 Å². The van der Waals surface area contributed by atoms with E-state index in [2.05, 4.69) is 22.6 Å². The van der Waals surface area contributed by atoms with Crippen molar-refractivity contribution < 1.29 is 4.79 Å². The summed E-state index contributed by atoms with van der Waals surface area (Å²) >= 11 is 0. The topological polar surface area (TPSA) is 41.1 Å². The summed E-state index contributed by atoms with van der Waals surface area (Å²) in [6.45, 7) is 3.26. The van der Waals surface area contributed by atoms with Crippen LogP contribution in [0, 0.1) is 19.3 Å². The Hall–Kier alpha value is -1.79. The summed E-state index contributed by atoms with van der Waals surface area (Å²) in [5, 5.41) is 5.65. The highest BCUT2D eigenvalue weighted by molar-refractivity contribution is 5.77. The van der Waals surface area contributed by atoms with Gasteiger partial charge in [-0.3, -0.25) is 10.1 Å². The maximum Gasteiger partial charge on any atom is 0.234 e.